The molecule has 2 heterocycles. The van der Waals surface area contributed by atoms with E-state index in [-0.39, 0.29) is 19.0 Å². The predicted octanol–water partition coefficient (Wildman–Crippen LogP) is 2.23. The number of para-hydroxylation sites is 1. The van der Waals surface area contributed by atoms with Gasteiger partial charge in [0.2, 0.25) is 6.79 Å². The number of rotatable bonds is 4. The molecule has 0 saturated carbocycles. The van der Waals surface area contributed by atoms with Gasteiger partial charge in [-0.2, -0.15) is 0 Å². The first-order valence-corrected chi connectivity index (χ1v) is 7.80. The molecule has 2 aromatic rings. The zero-order valence-corrected chi connectivity index (χ0v) is 13.2. The minimum atomic E-state index is -1.84. The Kier molecular flexibility index (Phi) is 3.54. The van der Waals surface area contributed by atoms with Crippen molar-refractivity contribution in [1.29, 1.82) is 0 Å². The van der Waals surface area contributed by atoms with E-state index in [1.54, 1.807) is 48.5 Å². The summed E-state index contributed by atoms with van der Waals surface area (Å²) >= 11 is 0. The van der Waals surface area contributed by atoms with Gasteiger partial charge in [-0.3, -0.25) is 9.59 Å². The number of nitrogens with one attached hydrogen (secondary N) is 1. The van der Waals surface area contributed by atoms with Crippen LogP contribution in [0.15, 0.2) is 48.5 Å². The van der Waals surface area contributed by atoms with Gasteiger partial charge in [0.1, 0.15) is 0 Å². The third-order valence-corrected chi connectivity index (χ3v) is 4.28. The number of ether oxygens (including phenoxy) is 2. The maximum atomic E-state index is 12.3. The molecule has 6 nitrogen and oxygen atoms in total. The van der Waals surface area contributed by atoms with E-state index in [1.807, 2.05) is 0 Å². The summed E-state index contributed by atoms with van der Waals surface area (Å²) in [5.74, 6) is 0.347. The largest absolute Gasteiger partial charge is 0.454 e. The first kappa shape index (κ1) is 15.4. The summed E-state index contributed by atoms with van der Waals surface area (Å²) in [6, 6.07) is 12.1. The van der Waals surface area contributed by atoms with Crippen molar-refractivity contribution in [3.63, 3.8) is 0 Å². The van der Waals surface area contributed by atoms with Gasteiger partial charge in [0.25, 0.3) is 5.91 Å². The number of carbonyl (C=O) groups excluding carboxylic acids is 2. The zero-order valence-electron chi connectivity index (χ0n) is 13.2. The first-order valence-electron chi connectivity index (χ1n) is 7.80. The number of ketones is 1. The quantitative estimate of drug-likeness (QED) is 0.836. The molecule has 0 bridgehead atoms. The highest BCUT2D eigenvalue weighted by molar-refractivity contribution is 6.08. The Hall–Kier alpha value is -3.12. The minimum absolute atomic E-state index is 0.184. The van der Waals surface area contributed by atoms with Crippen LogP contribution in [0.5, 0.6) is 11.5 Å². The molecule has 1 amide bonds. The van der Waals surface area contributed by atoms with Crippen molar-refractivity contribution in [2.24, 2.45) is 0 Å². The number of benzene rings is 2. The van der Waals surface area contributed by atoms with E-state index < -0.39 is 11.5 Å². The number of carbonyl (C=O) groups is 2. The molecule has 0 aromatic heterocycles. The Labute approximate surface area is 143 Å². The third-order valence-electron chi connectivity index (χ3n) is 4.28. The third kappa shape index (κ3) is 2.66. The fourth-order valence-corrected chi connectivity index (χ4v) is 2.99. The number of aliphatic hydroxyl groups is 1. The summed E-state index contributed by atoms with van der Waals surface area (Å²) < 4.78 is 10.5. The molecule has 2 aliphatic heterocycles. The SMILES string of the molecule is O=C(C=Cc1ccc2c(c1)OCO2)CC1(O)C(=O)Nc2ccccc21. The van der Waals surface area contributed by atoms with E-state index >= 15 is 0 Å². The average molecular weight is 337 g/mol. The number of fused-ring (bicyclic) bond motifs is 2. The molecule has 0 spiro atoms. The maximum absolute atomic E-state index is 12.3. The van der Waals surface area contributed by atoms with E-state index in [9.17, 15) is 14.7 Å². The molecule has 6 heteroatoms. The summed E-state index contributed by atoms with van der Waals surface area (Å²) in [6.45, 7) is 0.184. The van der Waals surface area contributed by atoms with E-state index in [0.29, 0.717) is 22.7 Å². The second-order valence-electron chi connectivity index (χ2n) is 5.95. The van der Waals surface area contributed by atoms with Crippen LogP contribution >= 0.6 is 0 Å². The molecule has 0 fully saturated rings. The standard InChI is InChI=1S/C19H15NO5/c21-13(7-5-12-6-8-16-17(9-12)25-11-24-16)10-19(23)14-3-1-2-4-15(14)20-18(19)22/h1-9,23H,10-11H2,(H,20,22). The number of hydrogen-bond acceptors (Lipinski definition) is 5. The summed E-state index contributed by atoms with van der Waals surface area (Å²) in [4.78, 5) is 24.4. The van der Waals surface area contributed by atoms with Crippen LogP contribution in [-0.4, -0.2) is 23.6 Å². The average Bonchev–Trinajstić information content (AvgIpc) is 3.16. The Bertz CT molecular complexity index is 904. The van der Waals surface area contributed by atoms with Gasteiger partial charge in [0.15, 0.2) is 22.9 Å². The van der Waals surface area contributed by atoms with Gasteiger partial charge in [-0.05, 0) is 29.8 Å². The zero-order chi connectivity index (χ0) is 17.4. The van der Waals surface area contributed by atoms with Gasteiger partial charge in [-0.1, -0.05) is 30.3 Å². The second kappa shape index (κ2) is 5.75. The van der Waals surface area contributed by atoms with E-state index in [0.717, 1.165) is 5.56 Å². The fraction of sp³-hybridized carbons (Fsp3) is 0.158. The van der Waals surface area contributed by atoms with Gasteiger partial charge in [0, 0.05) is 11.3 Å². The lowest BCUT2D eigenvalue weighted by Crippen LogP contribution is -2.36. The Morgan fingerprint density at radius 2 is 2.00 bits per heavy atom. The molecule has 0 saturated heterocycles. The fourth-order valence-electron chi connectivity index (χ4n) is 2.99. The van der Waals surface area contributed by atoms with Crippen molar-refractivity contribution < 1.29 is 24.2 Å². The first-order chi connectivity index (χ1) is 12.1. The summed E-state index contributed by atoms with van der Waals surface area (Å²) in [6.07, 6.45) is 2.65. The molecule has 0 aliphatic carbocycles. The van der Waals surface area contributed by atoms with Gasteiger partial charge in [-0.15, -0.1) is 0 Å². The van der Waals surface area contributed by atoms with Crippen LogP contribution in [0.25, 0.3) is 6.08 Å². The van der Waals surface area contributed by atoms with Crippen LogP contribution in [-0.2, 0) is 15.2 Å². The summed E-state index contributed by atoms with van der Waals surface area (Å²) in [5.41, 5.74) is -0.124. The van der Waals surface area contributed by atoms with Crippen LogP contribution in [0.3, 0.4) is 0 Å². The molecule has 2 aliphatic rings. The summed E-state index contributed by atoms with van der Waals surface area (Å²) in [5, 5.41) is 13.3. The number of hydrogen-bond donors (Lipinski definition) is 2. The molecule has 25 heavy (non-hydrogen) atoms. The summed E-state index contributed by atoms with van der Waals surface area (Å²) in [7, 11) is 0. The lowest BCUT2D eigenvalue weighted by atomic mass is 9.90. The van der Waals surface area contributed by atoms with Crippen LogP contribution in [0.4, 0.5) is 5.69 Å². The highest BCUT2D eigenvalue weighted by Gasteiger charge is 2.46. The van der Waals surface area contributed by atoms with Gasteiger partial charge in [-0.25, -0.2) is 0 Å². The van der Waals surface area contributed by atoms with Crippen molar-refractivity contribution in [2.75, 3.05) is 12.1 Å². The Morgan fingerprint density at radius 3 is 2.88 bits per heavy atom. The lowest BCUT2D eigenvalue weighted by molar-refractivity contribution is -0.138. The topological polar surface area (TPSA) is 84.9 Å². The molecule has 1 unspecified atom stereocenters. The molecule has 126 valence electrons. The molecule has 0 radical (unpaired) electrons. The lowest BCUT2D eigenvalue weighted by Gasteiger charge is -2.18. The molecule has 2 N–H and O–H groups in total. The van der Waals surface area contributed by atoms with E-state index in [4.69, 9.17) is 9.47 Å². The Balaban J connectivity index is 1.51. The van der Waals surface area contributed by atoms with Crippen molar-refractivity contribution in [2.45, 2.75) is 12.0 Å². The van der Waals surface area contributed by atoms with Crippen molar-refractivity contribution in [3.8, 4) is 11.5 Å². The predicted molar refractivity (Wildman–Crippen MR) is 90.2 cm³/mol. The molecular weight excluding hydrogens is 322 g/mol. The van der Waals surface area contributed by atoms with Crippen molar-refractivity contribution >= 4 is 23.5 Å². The Morgan fingerprint density at radius 1 is 1.20 bits per heavy atom. The monoisotopic (exact) mass is 337 g/mol. The maximum Gasteiger partial charge on any atom is 0.261 e. The van der Waals surface area contributed by atoms with E-state index in [1.165, 1.54) is 6.08 Å². The van der Waals surface area contributed by atoms with Crippen LogP contribution in [0, 0.1) is 0 Å². The minimum Gasteiger partial charge on any atom is -0.454 e. The van der Waals surface area contributed by atoms with Gasteiger partial charge >= 0.3 is 0 Å². The molecule has 2 aromatic carbocycles. The molecule has 4 rings (SSSR count). The smallest absolute Gasteiger partial charge is 0.261 e. The number of allylic oxidation sites excluding steroid dienone is 1. The van der Waals surface area contributed by atoms with Gasteiger partial charge < -0.3 is 19.9 Å². The molecular formula is C19H15NO5. The van der Waals surface area contributed by atoms with Crippen LogP contribution < -0.4 is 14.8 Å². The van der Waals surface area contributed by atoms with E-state index in [2.05, 4.69) is 5.32 Å². The van der Waals surface area contributed by atoms with Gasteiger partial charge in [0.05, 0.1) is 6.42 Å². The highest BCUT2D eigenvalue weighted by Crippen LogP contribution is 2.38. The van der Waals surface area contributed by atoms with Crippen LogP contribution in [0.1, 0.15) is 17.5 Å². The van der Waals surface area contributed by atoms with Crippen molar-refractivity contribution in [3.05, 3.63) is 59.7 Å². The number of anilines is 1. The second-order valence-corrected chi connectivity index (χ2v) is 5.95. The normalized spacial score (nSPS) is 20.6. The van der Waals surface area contributed by atoms with Crippen LogP contribution in [0.2, 0.25) is 0 Å². The number of amides is 1. The highest BCUT2D eigenvalue weighted by atomic mass is 16.7. The molecule has 1 atom stereocenters. The van der Waals surface area contributed by atoms with Crippen molar-refractivity contribution in [1.82, 2.24) is 0 Å².